The molecule has 0 aliphatic heterocycles. The van der Waals surface area contributed by atoms with Crippen molar-refractivity contribution in [3.05, 3.63) is 40.1 Å². The van der Waals surface area contributed by atoms with Crippen LogP contribution in [0.3, 0.4) is 0 Å². The molecule has 7 nitrogen and oxygen atoms in total. The Kier molecular flexibility index (Phi) is 4.89. The fraction of sp³-hybridized carbons (Fsp3) is 0.263. The van der Waals surface area contributed by atoms with Crippen molar-refractivity contribution in [1.82, 2.24) is 14.8 Å². The van der Waals surface area contributed by atoms with Gasteiger partial charge >= 0.3 is 5.91 Å². The second-order valence-electron chi connectivity index (χ2n) is 7.05. The van der Waals surface area contributed by atoms with Gasteiger partial charge in [-0.25, -0.2) is 0 Å². The molecule has 0 bridgehead atoms. The molecule has 0 unspecified atom stereocenters. The standard InChI is InChI=1S/C19H18BrN5O2/c1-5-8-25-14-7-6-11(20)9-12(14)16(18(25)27)23-24-17(26)13-10-15(22-21-13)19(2,3)4/h1,6-7,9-10,27H,8H2,2-4H3,(H,21,22). The van der Waals surface area contributed by atoms with Crippen molar-refractivity contribution in [2.75, 3.05) is 0 Å². The minimum absolute atomic E-state index is 0.144. The number of aromatic hydroxyl groups is 1. The molecule has 27 heavy (non-hydrogen) atoms. The first-order valence-corrected chi connectivity index (χ1v) is 8.98. The van der Waals surface area contributed by atoms with E-state index >= 15 is 0 Å². The lowest BCUT2D eigenvalue weighted by Gasteiger charge is -2.14. The number of nitrogens with one attached hydrogen (secondary N) is 1. The van der Waals surface area contributed by atoms with Crippen molar-refractivity contribution in [2.24, 2.45) is 10.2 Å². The summed E-state index contributed by atoms with van der Waals surface area (Å²) >= 11 is 3.39. The minimum Gasteiger partial charge on any atom is -0.493 e. The average Bonchev–Trinajstić information content (AvgIpc) is 3.18. The third-order valence-corrected chi connectivity index (χ3v) is 4.56. The molecule has 8 heteroatoms. The maximum absolute atomic E-state index is 12.3. The van der Waals surface area contributed by atoms with Crippen LogP contribution in [0.25, 0.3) is 10.9 Å². The summed E-state index contributed by atoms with van der Waals surface area (Å²) in [6.07, 6.45) is 5.38. The van der Waals surface area contributed by atoms with E-state index in [2.05, 4.69) is 42.3 Å². The molecular weight excluding hydrogens is 410 g/mol. The predicted molar refractivity (Wildman–Crippen MR) is 106 cm³/mol. The normalized spacial score (nSPS) is 12.0. The van der Waals surface area contributed by atoms with E-state index in [-0.39, 0.29) is 29.2 Å². The van der Waals surface area contributed by atoms with Crippen LogP contribution in [0.1, 0.15) is 37.0 Å². The zero-order valence-electron chi connectivity index (χ0n) is 15.1. The number of hydrogen-bond acceptors (Lipinski definition) is 4. The van der Waals surface area contributed by atoms with E-state index in [4.69, 9.17) is 6.42 Å². The molecule has 3 rings (SSSR count). The summed E-state index contributed by atoms with van der Waals surface area (Å²) in [6, 6.07) is 7.08. The third-order valence-electron chi connectivity index (χ3n) is 4.07. The summed E-state index contributed by atoms with van der Waals surface area (Å²) in [4.78, 5) is 12.3. The van der Waals surface area contributed by atoms with Crippen LogP contribution in [0.2, 0.25) is 0 Å². The number of azo groups is 1. The molecule has 0 radical (unpaired) electrons. The minimum atomic E-state index is -0.603. The van der Waals surface area contributed by atoms with E-state index in [0.717, 1.165) is 10.2 Å². The van der Waals surface area contributed by atoms with Gasteiger partial charge in [-0.05, 0) is 24.3 Å². The molecule has 1 amide bonds. The first-order chi connectivity index (χ1) is 12.7. The number of aromatic nitrogens is 3. The molecule has 3 aromatic rings. The Balaban J connectivity index is 2.00. The van der Waals surface area contributed by atoms with Gasteiger partial charge in [-0.2, -0.15) is 5.10 Å². The highest BCUT2D eigenvalue weighted by atomic mass is 79.9. The van der Waals surface area contributed by atoms with Crippen molar-refractivity contribution in [1.29, 1.82) is 0 Å². The van der Waals surface area contributed by atoms with Crippen LogP contribution < -0.4 is 0 Å². The van der Waals surface area contributed by atoms with Crippen LogP contribution in [-0.4, -0.2) is 25.8 Å². The molecule has 0 atom stereocenters. The Morgan fingerprint density at radius 1 is 1.41 bits per heavy atom. The third kappa shape index (κ3) is 3.64. The van der Waals surface area contributed by atoms with Gasteiger partial charge in [0.15, 0.2) is 11.4 Å². The lowest BCUT2D eigenvalue weighted by Crippen LogP contribution is -2.11. The first-order valence-electron chi connectivity index (χ1n) is 8.18. The van der Waals surface area contributed by atoms with E-state index in [9.17, 15) is 9.90 Å². The number of fused-ring (bicyclic) bond motifs is 1. The summed E-state index contributed by atoms with van der Waals surface area (Å²) in [5.41, 5.74) is 1.69. The van der Waals surface area contributed by atoms with Gasteiger partial charge in [-0.3, -0.25) is 14.5 Å². The number of nitrogens with zero attached hydrogens (tertiary/aromatic N) is 4. The van der Waals surface area contributed by atoms with Gasteiger partial charge in [0.05, 0.1) is 12.1 Å². The summed E-state index contributed by atoms with van der Waals surface area (Å²) in [6.45, 7) is 6.19. The van der Waals surface area contributed by atoms with Gasteiger partial charge in [0.2, 0.25) is 5.88 Å². The van der Waals surface area contributed by atoms with E-state index in [0.29, 0.717) is 10.9 Å². The molecule has 0 fully saturated rings. The van der Waals surface area contributed by atoms with E-state index in [1.807, 2.05) is 26.8 Å². The molecule has 138 valence electrons. The molecule has 2 heterocycles. The number of carbonyl (C=O) groups excluding carboxylic acids is 1. The van der Waals surface area contributed by atoms with E-state index < -0.39 is 5.91 Å². The van der Waals surface area contributed by atoms with Gasteiger partial charge in [0.1, 0.15) is 0 Å². The van der Waals surface area contributed by atoms with Crippen LogP contribution in [0, 0.1) is 12.3 Å². The Bertz CT molecular complexity index is 1100. The van der Waals surface area contributed by atoms with E-state index in [1.54, 1.807) is 18.2 Å². The summed E-state index contributed by atoms with van der Waals surface area (Å²) in [7, 11) is 0. The van der Waals surface area contributed by atoms with Crippen LogP contribution in [0.15, 0.2) is 39.0 Å². The molecule has 0 spiro atoms. The number of H-pyrrole nitrogens is 1. The molecule has 0 aliphatic carbocycles. The number of halogens is 1. The lowest BCUT2D eigenvalue weighted by atomic mass is 9.92. The molecule has 1 aromatic carbocycles. The molecule has 0 saturated heterocycles. The van der Waals surface area contributed by atoms with Gasteiger partial charge in [0.25, 0.3) is 0 Å². The van der Waals surface area contributed by atoms with Crippen LogP contribution in [0.5, 0.6) is 5.88 Å². The quantitative estimate of drug-likeness (QED) is 0.468. The number of rotatable bonds is 3. The Labute approximate surface area is 164 Å². The topological polar surface area (TPSA) is 95.6 Å². The number of carbonyl (C=O) groups is 1. The SMILES string of the molecule is C#CCn1c(O)c(N=NC(=O)c2cc(C(C)(C)C)[nH]n2)c2cc(Br)ccc21. The summed E-state index contributed by atoms with van der Waals surface area (Å²) in [5, 5.41) is 25.7. The largest absolute Gasteiger partial charge is 0.493 e. The maximum Gasteiger partial charge on any atom is 0.315 e. The van der Waals surface area contributed by atoms with Gasteiger partial charge in [-0.15, -0.1) is 16.7 Å². The predicted octanol–water partition coefficient (Wildman–Crippen LogP) is 4.69. The Morgan fingerprint density at radius 3 is 2.78 bits per heavy atom. The van der Waals surface area contributed by atoms with Crippen molar-refractivity contribution in [2.45, 2.75) is 32.7 Å². The number of terminal acetylenes is 1. The van der Waals surface area contributed by atoms with Crippen LogP contribution >= 0.6 is 15.9 Å². The second-order valence-corrected chi connectivity index (χ2v) is 7.96. The first kappa shape index (κ1) is 18.9. The smallest absolute Gasteiger partial charge is 0.315 e. The fourth-order valence-corrected chi connectivity index (χ4v) is 2.97. The fourth-order valence-electron chi connectivity index (χ4n) is 2.61. The highest BCUT2D eigenvalue weighted by Crippen LogP contribution is 2.40. The molecule has 0 saturated carbocycles. The van der Waals surface area contributed by atoms with Gasteiger partial charge in [0, 0.05) is 21.0 Å². The lowest BCUT2D eigenvalue weighted by molar-refractivity contribution is 0.0990. The van der Waals surface area contributed by atoms with Crippen molar-refractivity contribution < 1.29 is 9.90 Å². The monoisotopic (exact) mass is 427 g/mol. The molecule has 2 N–H and O–H groups in total. The number of aromatic amines is 1. The van der Waals surface area contributed by atoms with Crippen molar-refractivity contribution >= 4 is 38.4 Å². The average molecular weight is 428 g/mol. The van der Waals surface area contributed by atoms with Crippen molar-refractivity contribution in [3.63, 3.8) is 0 Å². The highest BCUT2D eigenvalue weighted by Gasteiger charge is 2.20. The Morgan fingerprint density at radius 2 is 2.15 bits per heavy atom. The number of amides is 1. The van der Waals surface area contributed by atoms with Gasteiger partial charge in [-0.1, -0.05) is 42.6 Å². The maximum atomic E-state index is 12.3. The number of benzene rings is 1. The number of hydrogen-bond donors (Lipinski definition) is 2. The van der Waals surface area contributed by atoms with Crippen LogP contribution in [-0.2, 0) is 12.0 Å². The molecule has 0 aliphatic rings. The van der Waals surface area contributed by atoms with E-state index in [1.165, 1.54) is 4.57 Å². The Hall–Kier alpha value is -2.92. The summed E-state index contributed by atoms with van der Waals surface area (Å²) < 4.78 is 2.34. The zero-order chi connectivity index (χ0) is 19.8. The zero-order valence-corrected chi connectivity index (χ0v) is 16.7. The second kappa shape index (κ2) is 7.00. The highest BCUT2D eigenvalue weighted by molar-refractivity contribution is 9.10. The van der Waals surface area contributed by atoms with Crippen LogP contribution in [0.4, 0.5) is 5.69 Å². The van der Waals surface area contributed by atoms with Gasteiger partial charge < -0.3 is 5.11 Å². The molecular formula is C19H18BrN5O2. The molecule has 2 aromatic heterocycles. The van der Waals surface area contributed by atoms with Crippen molar-refractivity contribution in [3.8, 4) is 18.2 Å². The summed E-state index contributed by atoms with van der Waals surface area (Å²) in [5.74, 6) is 1.74.